The smallest absolute Gasteiger partial charge is 0.338 e. The third-order valence-electron chi connectivity index (χ3n) is 7.24. The molecule has 8 nitrogen and oxygen atoms in total. The van der Waals surface area contributed by atoms with Crippen LogP contribution in [0.1, 0.15) is 29.7 Å². The Balaban J connectivity index is 1.56. The van der Waals surface area contributed by atoms with E-state index in [9.17, 15) is 18.8 Å². The number of carbonyl (C=O) groups is 2. The quantitative estimate of drug-likeness (QED) is 0.344. The molecule has 1 atom stereocenters. The van der Waals surface area contributed by atoms with Gasteiger partial charge in [0.1, 0.15) is 16.1 Å². The van der Waals surface area contributed by atoms with Crippen molar-refractivity contribution in [2.45, 2.75) is 19.5 Å². The first kappa shape index (κ1) is 26.4. The minimum Gasteiger partial charge on any atom is -0.497 e. The molecule has 0 fully saturated rings. The zero-order valence-electron chi connectivity index (χ0n) is 22.4. The second-order valence-corrected chi connectivity index (χ2v) is 10.6. The molecule has 2 aliphatic rings. The lowest BCUT2D eigenvalue weighted by Crippen LogP contribution is -2.40. The highest BCUT2D eigenvalue weighted by molar-refractivity contribution is 7.07. The Kier molecular flexibility index (Phi) is 6.63. The van der Waals surface area contributed by atoms with Gasteiger partial charge in [-0.3, -0.25) is 14.2 Å². The number of fused-ring (bicyclic) bond motifs is 2. The van der Waals surface area contributed by atoms with Crippen molar-refractivity contribution in [1.82, 2.24) is 4.57 Å². The molecule has 2 aliphatic heterocycles. The number of hydrogen-bond donors (Lipinski definition) is 0. The highest BCUT2D eigenvalue weighted by atomic mass is 32.1. The van der Waals surface area contributed by atoms with Crippen LogP contribution in [0, 0.1) is 5.82 Å². The van der Waals surface area contributed by atoms with Gasteiger partial charge in [0.15, 0.2) is 4.80 Å². The lowest BCUT2D eigenvalue weighted by Gasteiger charge is -2.24. The standard InChI is InChI=1S/C31H24FN3O5S/c1-17-24(30(38)40-3)26(19-10-14-21(39-2)15-11-19)35-29(37)27(41-31(35)33-17)25-22-6-4-5-7-23(22)34(28(25)36)16-18-8-12-20(32)13-9-18/h4-15,26H,16H2,1-3H3/b27-25-. The van der Waals surface area contributed by atoms with Crippen LogP contribution >= 0.6 is 11.3 Å². The van der Waals surface area contributed by atoms with E-state index in [1.165, 1.54) is 23.8 Å². The number of esters is 1. The number of carbonyl (C=O) groups excluding carboxylic acids is 2. The maximum absolute atomic E-state index is 14.2. The summed E-state index contributed by atoms with van der Waals surface area (Å²) in [5, 5.41) is 0. The number of nitrogens with zero attached hydrogens (tertiary/aromatic N) is 3. The Morgan fingerprint density at radius 3 is 2.39 bits per heavy atom. The topological polar surface area (TPSA) is 90.2 Å². The van der Waals surface area contributed by atoms with Crippen molar-refractivity contribution >= 4 is 34.5 Å². The third kappa shape index (κ3) is 4.36. The molecule has 0 radical (unpaired) electrons. The molecule has 3 heterocycles. The lowest BCUT2D eigenvalue weighted by molar-refractivity contribution is -0.136. The summed E-state index contributed by atoms with van der Waals surface area (Å²) in [5.74, 6) is -0.682. The van der Waals surface area contributed by atoms with Crippen LogP contribution in [-0.2, 0) is 20.9 Å². The highest BCUT2D eigenvalue weighted by Gasteiger charge is 2.37. The van der Waals surface area contributed by atoms with E-state index in [2.05, 4.69) is 4.99 Å². The summed E-state index contributed by atoms with van der Waals surface area (Å²) in [6.07, 6.45) is 0. The predicted octanol–water partition coefficient (Wildman–Crippen LogP) is 3.47. The molecular formula is C31H24FN3O5S. The maximum Gasteiger partial charge on any atom is 0.338 e. The van der Waals surface area contributed by atoms with Gasteiger partial charge in [0, 0.05) is 5.56 Å². The largest absolute Gasteiger partial charge is 0.497 e. The van der Waals surface area contributed by atoms with Crippen molar-refractivity contribution in [1.29, 1.82) is 0 Å². The summed E-state index contributed by atoms with van der Waals surface area (Å²) in [4.78, 5) is 47.7. The van der Waals surface area contributed by atoms with E-state index in [1.807, 2.05) is 18.2 Å². The van der Waals surface area contributed by atoms with Crippen molar-refractivity contribution in [3.63, 3.8) is 0 Å². The maximum atomic E-state index is 14.2. The number of thiazole rings is 1. The van der Waals surface area contributed by atoms with Crippen molar-refractivity contribution in [3.05, 3.63) is 126 Å². The second kappa shape index (κ2) is 10.3. The zero-order valence-corrected chi connectivity index (χ0v) is 23.2. The van der Waals surface area contributed by atoms with Crippen molar-refractivity contribution < 1.29 is 23.5 Å². The van der Waals surface area contributed by atoms with E-state index in [1.54, 1.807) is 61.4 Å². The number of hydrogen-bond acceptors (Lipinski definition) is 7. The van der Waals surface area contributed by atoms with Crippen molar-refractivity contribution in [2.75, 3.05) is 19.1 Å². The van der Waals surface area contributed by atoms with Gasteiger partial charge >= 0.3 is 5.97 Å². The minimum absolute atomic E-state index is 0.206. The highest BCUT2D eigenvalue weighted by Crippen LogP contribution is 2.37. The molecule has 0 spiro atoms. The van der Waals surface area contributed by atoms with E-state index >= 15 is 0 Å². The SMILES string of the molecule is COC(=O)C1=C(C)N=c2s/c(=C3\C(=O)N(Cc4ccc(F)cc4)c4ccccc43)c(=O)n2C1c1ccc(OC)cc1. The summed E-state index contributed by atoms with van der Waals surface area (Å²) in [6.45, 7) is 1.90. The Labute approximate surface area is 237 Å². The number of halogens is 1. The van der Waals surface area contributed by atoms with E-state index < -0.39 is 17.6 Å². The molecule has 0 saturated carbocycles. The molecule has 0 saturated heterocycles. The number of aromatic nitrogens is 1. The Morgan fingerprint density at radius 2 is 1.71 bits per heavy atom. The Morgan fingerprint density at radius 1 is 1.00 bits per heavy atom. The fourth-order valence-corrected chi connectivity index (χ4v) is 6.41. The summed E-state index contributed by atoms with van der Waals surface area (Å²) in [6, 6.07) is 19.5. The first-order valence-corrected chi connectivity index (χ1v) is 13.6. The number of rotatable bonds is 5. The molecule has 41 heavy (non-hydrogen) atoms. The molecule has 4 aromatic rings. The number of methoxy groups -OCH3 is 2. The molecule has 0 aliphatic carbocycles. The molecule has 1 aromatic heterocycles. The fourth-order valence-electron chi connectivity index (χ4n) is 5.27. The van der Waals surface area contributed by atoms with Crippen molar-refractivity contribution in [2.24, 2.45) is 4.99 Å². The van der Waals surface area contributed by atoms with E-state index in [-0.39, 0.29) is 33.9 Å². The Bertz CT molecular complexity index is 1920. The van der Waals surface area contributed by atoms with Crippen LogP contribution < -0.4 is 24.5 Å². The monoisotopic (exact) mass is 569 g/mol. The molecular weight excluding hydrogens is 545 g/mol. The van der Waals surface area contributed by atoms with Gasteiger partial charge in [-0.05, 0) is 48.4 Å². The average molecular weight is 570 g/mol. The van der Waals surface area contributed by atoms with Crippen LogP contribution in [0.25, 0.3) is 5.57 Å². The van der Waals surface area contributed by atoms with Crippen LogP contribution in [-0.4, -0.2) is 30.7 Å². The molecule has 1 amide bonds. The Hall–Kier alpha value is -4.83. The summed E-state index contributed by atoms with van der Waals surface area (Å²) < 4.78 is 25.5. The van der Waals surface area contributed by atoms with Gasteiger partial charge in [0.25, 0.3) is 11.5 Å². The molecule has 3 aromatic carbocycles. The lowest BCUT2D eigenvalue weighted by atomic mass is 9.96. The van der Waals surface area contributed by atoms with Crippen LogP contribution in [0.3, 0.4) is 0 Å². The molecule has 10 heteroatoms. The van der Waals surface area contributed by atoms with Gasteiger partial charge in [-0.25, -0.2) is 14.2 Å². The number of benzene rings is 3. The van der Waals surface area contributed by atoms with Crippen LogP contribution in [0.2, 0.25) is 0 Å². The van der Waals surface area contributed by atoms with Gasteiger partial charge in [-0.15, -0.1) is 0 Å². The van der Waals surface area contributed by atoms with Gasteiger partial charge < -0.3 is 14.4 Å². The first-order chi connectivity index (χ1) is 19.8. The normalized spacial score (nSPS) is 17.2. The van der Waals surface area contributed by atoms with E-state index in [0.717, 1.165) is 16.9 Å². The summed E-state index contributed by atoms with van der Waals surface area (Å²) in [5.41, 5.74) is 3.16. The first-order valence-electron chi connectivity index (χ1n) is 12.8. The average Bonchev–Trinajstić information content (AvgIpc) is 3.45. The van der Waals surface area contributed by atoms with Crippen molar-refractivity contribution in [3.8, 4) is 5.75 Å². The van der Waals surface area contributed by atoms with Crippen LogP contribution in [0.5, 0.6) is 5.75 Å². The predicted molar refractivity (Wildman–Crippen MR) is 152 cm³/mol. The molecule has 206 valence electrons. The van der Waals surface area contributed by atoms with Gasteiger partial charge in [0.05, 0.1) is 49.3 Å². The van der Waals surface area contributed by atoms with Crippen LogP contribution in [0.15, 0.2) is 93.9 Å². The van der Waals surface area contributed by atoms with E-state index in [0.29, 0.717) is 33.1 Å². The minimum atomic E-state index is -0.818. The molecule has 0 bridgehead atoms. The zero-order chi connectivity index (χ0) is 28.8. The van der Waals surface area contributed by atoms with E-state index in [4.69, 9.17) is 9.47 Å². The second-order valence-electron chi connectivity index (χ2n) is 9.58. The van der Waals surface area contributed by atoms with Gasteiger partial charge in [-0.2, -0.15) is 0 Å². The third-order valence-corrected chi connectivity index (χ3v) is 8.29. The molecule has 6 rings (SSSR count). The number of ether oxygens (including phenoxy) is 2. The van der Waals surface area contributed by atoms with Crippen LogP contribution in [0.4, 0.5) is 10.1 Å². The summed E-state index contributed by atoms with van der Waals surface area (Å²) in [7, 11) is 2.84. The number of anilines is 1. The summed E-state index contributed by atoms with van der Waals surface area (Å²) >= 11 is 1.11. The number of amides is 1. The van der Waals surface area contributed by atoms with Gasteiger partial charge in [0.2, 0.25) is 0 Å². The fraction of sp³-hybridized carbons (Fsp3) is 0.161. The molecule has 1 unspecified atom stereocenters. The van der Waals surface area contributed by atoms with Gasteiger partial charge in [-0.1, -0.05) is 53.8 Å². The molecule has 0 N–H and O–H groups in total. The number of allylic oxidation sites excluding steroid dienone is 1. The number of para-hydroxylation sites is 1.